The molecule has 0 bridgehead atoms. The molecule has 1 heterocycles. The third-order valence-electron chi connectivity index (χ3n) is 4.73. The molecule has 0 aromatic carbocycles. The molecule has 0 radical (unpaired) electrons. The number of nitrogens with zero attached hydrogens (tertiary/aromatic N) is 1. The molecule has 0 aromatic rings. The molecule has 5 nitrogen and oxygen atoms in total. The highest BCUT2D eigenvalue weighted by Crippen LogP contribution is 2.33. The zero-order valence-electron chi connectivity index (χ0n) is 13.9. The fraction of sp³-hybridized carbons (Fsp3) is 0.938. The lowest BCUT2D eigenvalue weighted by Crippen LogP contribution is -2.63. The lowest BCUT2D eigenvalue weighted by atomic mass is 9.77. The number of morpholine rings is 1. The number of hydrogen-bond donors (Lipinski definition) is 2. The van der Waals surface area contributed by atoms with E-state index < -0.39 is 5.54 Å². The molecule has 1 amide bonds. The Morgan fingerprint density at radius 1 is 1.33 bits per heavy atom. The topological polar surface area (TPSA) is 67.6 Å². The summed E-state index contributed by atoms with van der Waals surface area (Å²) < 4.78 is 5.82. The van der Waals surface area contributed by atoms with Crippen molar-refractivity contribution < 1.29 is 9.53 Å². The largest absolute Gasteiger partial charge is 0.373 e. The number of nitrogens with one attached hydrogen (secondary N) is 1. The molecule has 1 aliphatic heterocycles. The molecule has 2 unspecified atom stereocenters. The molecule has 4 atom stereocenters. The fourth-order valence-corrected chi connectivity index (χ4v) is 4.05. The van der Waals surface area contributed by atoms with Crippen LogP contribution in [0.2, 0.25) is 0 Å². The van der Waals surface area contributed by atoms with E-state index in [4.69, 9.17) is 10.5 Å². The second-order valence-corrected chi connectivity index (χ2v) is 7.21. The van der Waals surface area contributed by atoms with Gasteiger partial charge in [0.05, 0.1) is 17.7 Å². The Morgan fingerprint density at radius 3 is 2.48 bits per heavy atom. The second-order valence-electron chi connectivity index (χ2n) is 7.21. The van der Waals surface area contributed by atoms with Crippen LogP contribution in [0.4, 0.5) is 0 Å². The van der Waals surface area contributed by atoms with Crippen LogP contribution in [0.3, 0.4) is 0 Å². The molecule has 2 rings (SSSR count). The summed E-state index contributed by atoms with van der Waals surface area (Å²) in [6.07, 6.45) is 4.39. The number of hydrogen-bond acceptors (Lipinski definition) is 4. The van der Waals surface area contributed by atoms with E-state index in [2.05, 4.69) is 37.9 Å². The summed E-state index contributed by atoms with van der Waals surface area (Å²) in [5.41, 5.74) is 5.21. The highest BCUT2D eigenvalue weighted by molar-refractivity contribution is 5.85. The van der Waals surface area contributed by atoms with E-state index >= 15 is 0 Å². The lowest BCUT2D eigenvalue weighted by molar-refractivity contribution is -0.129. The first-order chi connectivity index (χ1) is 9.82. The third-order valence-corrected chi connectivity index (χ3v) is 4.73. The summed E-state index contributed by atoms with van der Waals surface area (Å²) in [5.74, 6) is -0.199. The van der Waals surface area contributed by atoms with Gasteiger partial charge < -0.3 is 15.8 Å². The van der Waals surface area contributed by atoms with Gasteiger partial charge in [-0.15, -0.1) is 0 Å². The van der Waals surface area contributed by atoms with Gasteiger partial charge in [-0.2, -0.15) is 0 Å². The van der Waals surface area contributed by atoms with Crippen LogP contribution >= 0.6 is 0 Å². The summed E-state index contributed by atoms with van der Waals surface area (Å²) >= 11 is 0. The van der Waals surface area contributed by atoms with Crippen LogP contribution in [-0.4, -0.2) is 53.7 Å². The van der Waals surface area contributed by atoms with Crippen LogP contribution in [0.25, 0.3) is 0 Å². The minimum absolute atomic E-state index is 0.199. The van der Waals surface area contributed by atoms with Gasteiger partial charge in [0.1, 0.15) is 0 Å². The smallest absolute Gasteiger partial charge is 0.237 e. The van der Waals surface area contributed by atoms with Gasteiger partial charge in [0.15, 0.2) is 0 Å². The van der Waals surface area contributed by atoms with Gasteiger partial charge in [0.2, 0.25) is 5.91 Å². The van der Waals surface area contributed by atoms with Crippen molar-refractivity contribution in [2.24, 2.45) is 5.73 Å². The van der Waals surface area contributed by atoms with E-state index in [1.807, 2.05) is 0 Å². The third kappa shape index (κ3) is 3.96. The average molecular weight is 297 g/mol. The molecule has 1 aliphatic carbocycles. The Hall–Kier alpha value is -0.650. The summed E-state index contributed by atoms with van der Waals surface area (Å²) in [6.45, 7) is 10.3. The molecule has 3 N–H and O–H groups in total. The second kappa shape index (κ2) is 6.63. The van der Waals surface area contributed by atoms with Gasteiger partial charge in [-0.1, -0.05) is 0 Å². The van der Waals surface area contributed by atoms with Crippen LogP contribution < -0.4 is 11.1 Å². The molecule has 1 saturated carbocycles. The monoisotopic (exact) mass is 297 g/mol. The number of amides is 1. The molecule has 0 aromatic heterocycles. The van der Waals surface area contributed by atoms with Gasteiger partial charge in [0.25, 0.3) is 0 Å². The van der Waals surface area contributed by atoms with Crippen molar-refractivity contribution in [2.45, 2.75) is 83.2 Å². The minimum atomic E-state index is -0.540. The Balaban J connectivity index is 2.09. The van der Waals surface area contributed by atoms with Gasteiger partial charge in [-0.05, 0) is 53.4 Å². The van der Waals surface area contributed by atoms with E-state index in [-0.39, 0.29) is 24.2 Å². The molecule has 2 fully saturated rings. The van der Waals surface area contributed by atoms with Crippen molar-refractivity contribution in [3.63, 3.8) is 0 Å². The maximum Gasteiger partial charge on any atom is 0.237 e. The molecule has 21 heavy (non-hydrogen) atoms. The van der Waals surface area contributed by atoms with Gasteiger partial charge in [0, 0.05) is 25.2 Å². The van der Waals surface area contributed by atoms with Crippen molar-refractivity contribution in [3.8, 4) is 0 Å². The number of carbonyl (C=O) groups excluding carboxylic acids is 1. The molecule has 5 heteroatoms. The van der Waals surface area contributed by atoms with E-state index in [9.17, 15) is 4.79 Å². The Morgan fingerprint density at radius 2 is 1.95 bits per heavy atom. The minimum Gasteiger partial charge on any atom is -0.373 e. The lowest BCUT2D eigenvalue weighted by Gasteiger charge is -2.47. The van der Waals surface area contributed by atoms with E-state index in [0.717, 1.165) is 38.8 Å². The van der Waals surface area contributed by atoms with Crippen molar-refractivity contribution >= 4 is 5.91 Å². The molecule has 1 saturated heterocycles. The van der Waals surface area contributed by atoms with Crippen molar-refractivity contribution in [1.82, 2.24) is 10.2 Å². The Bertz CT molecular complexity index is 365. The molecular formula is C16H31N3O2. The normalized spacial score (nSPS) is 38.6. The van der Waals surface area contributed by atoms with Gasteiger partial charge >= 0.3 is 0 Å². The maximum atomic E-state index is 12.1. The Kier molecular flexibility index (Phi) is 5.28. The molecule has 122 valence electrons. The van der Waals surface area contributed by atoms with Crippen molar-refractivity contribution in [2.75, 3.05) is 13.1 Å². The SMILES string of the molecule is CC(C)NC1(C(N)=O)CCCC(N2C[C@@H](C)O[C@@H](C)C2)C1. The number of ether oxygens (including phenoxy) is 1. The number of rotatable bonds is 4. The average Bonchev–Trinajstić information content (AvgIpc) is 2.36. The van der Waals surface area contributed by atoms with Gasteiger partial charge in [-0.3, -0.25) is 9.69 Å². The molecular weight excluding hydrogens is 266 g/mol. The van der Waals surface area contributed by atoms with Crippen LogP contribution in [0.5, 0.6) is 0 Å². The van der Waals surface area contributed by atoms with Crippen LogP contribution in [0.1, 0.15) is 53.4 Å². The van der Waals surface area contributed by atoms with Crippen molar-refractivity contribution in [3.05, 3.63) is 0 Å². The van der Waals surface area contributed by atoms with E-state index in [1.54, 1.807) is 0 Å². The first kappa shape index (κ1) is 16.7. The van der Waals surface area contributed by atoms with Crippen LogP contribution in [0, 0.1) is 0 Å². The highest BCUT2D eigenvalue weighted by atomic mass is 16.5. The number of primary amides is 1. The predicted octanol–water partition coefficient (Wildman–Crippen LogP) is 1.26. The number of carbonyl (C=O) groups is 1. The van der Waals surface area contributed by atoms with Crippen molar-refractivity contribution in [1.29, 1.82) is 0 Å². The van der Waals surface area contributed by atoms with Gasteiger partial charge in [-0.25, -0.2) is 0 Å². The first-order valence-corrected chi connectivity index (χ1v) is 8.29. The highest BCUT2D eigenvalue weighted by Gasteiger charge is 2.44. The summed E-state index contributed by atoms with van der Waals surface area (Å²) in [5, 5.41) is 3.45. The quantitative estimate of drug-likeness (QED) is 0.820. The molecule has 2 aliphatic rings. The zero-order chi connectivity index (χ0) is 15.6. The zero-order valence-corrected chi connectivity index (χ0v) is 13.9. The standard InChI is InChI=1S/C16H31N3O2/c1-11(2)18-16(15(17)20)7-5-6-14(8-16)19-9-12(3)21-13(4)10-19/h11-14,18H,5-10H2,1-4H3,(H2,17,20)/t12-,13+,14?,16?. The molecule has 0 spiro atoms. The first-order valence-electron chi connectivity index (χ1n) is 8.29. The van der Waals surface area contributed by atoms with E-state index in [1.165, 1.54) is 0 Å². The Labute approximate surface area is 128 Å². The summed E-state index contributed by atoms with van der Waals surface area (Å²) in [7, 11) is 0. The van der Waals surface area contributed by atoms with E-state index in [0.29, 0.717) is 6.04 Å². The summed E-state index contributed by atoms with van der Waals surface area (Å²) in [4.78, 5) is 14.6. The fourth-order valence-electron chi connectivity index (χ4n) is 4.05. The number of nitrogens with two attached hydrogens (primary N) is 1. The predicted molar refractivity (Wildman–Crippen MR) is 84.0 cm³/mol. The van der Waals surface area contributed by atoms with Crippen LogP contribution in [0.15, 0.2) is 0 Å². The maximum absolute atomic E-state index is 12.1. The summed E-state index contributed by atoms with van der Waals surface area (Å²) in [6, 6.07) is 0.685. The van der Waals surface area contributed by atoms with Crippen LogP contribution in [-0.2, 0) is 9.53 Å².